The fraction of sp³-hybridized carbons (Fsp3) is 0.235. The van der Waals surface area contributed by atoms with Gasteiger partial charge in [0.05, 0.1) is 20.6 Å². The van der Waals surface area contributed by atoms with Crippen LogP contribution in [-0.4, -0.2) is 44.3 Å². The maximum Gasteiger partial charge on any atom is 0.264 e. The number of amides is 2. The number of carbonyl (C=O) groups is 2. The van der Waals surface area contributed by atoms with Gasteiger partial charge in [-0.1, -0.05) is 115 Å². The van der Waals surface area contributed by atoms with E-state index in [1.54, 1.807) is 36.4 Å². The quantitative estimate of drug-likeness (QED) is 0.152. The molecule has 46 heavy (non-hydrogen) atoms. The molecule has 1 N–H and O–H groups in total. The summed E-state index contributed by atoms with van der Waals surface area (Å²) in [6, 6.07) is 25.2. The molecule has 0 heterocycles. The van der Waals surface area contributed by atoms with Gasteiger partial charge in [-0.05, 0) is 53.9 Å². The van der Waals surface area contributed by atoms with Crippen molar-refractivity contribution in [2.75, 3.05) is 17.4 Å². The Balaban J connectivity index is 1.84. The third-order valence-corrected chi connectivity index (χ3v) is 10.4. The highest BCUT2D eigenvalue weighted by atomic mass is 35.5. The summed E-state index contributed by atoms with van der Waals surface area (Å²) >= 11 is 25.6. The van der Waals surface area contributed by atoms with Crippen LogP contribution in [0.15, 0.2) is 102 Å². The lowest BCUT2D eigenvalue weighted by Crippen LogP contribution is -2.53. The first-order valence-electron chi connectivity index (χ1n) is 14.4. The molecule has 7 nitrogen and oxygen atoms in total. The van der Waals surface area contributed by atoms with Crippen molar-refractivity contribution in [2.24, 2.45) is 5.92 Å². The first-order valence-corrected chi connectivity index (χ1v) is 17.4. The number of hydrogen-bond donors (Lipinski definition) is 1. The summed E-state index contributed by atoms with van der Waals surface area (Å²) in [6.45, 7) is 3.46. The molecule has 0 saturated carbocycles. The maximum atomic E-state index is 14.6. The van der Waals surface area contributed by atoms with Gasteiger partial charge in [-0.3, -0.25) is 13.9 Å². The van der Waals surface area contributed by atoms with Crippen molar-refractivity contribution >= 4 is 73.9 Å². The lowest BCUT2D eigenvalue weighted by atomic mass is 10.0. The zero-order chi connectivity index (χ0) is 33.4. The van der Waals surface area contributed by atoms with Crippen LogP contribution in [0.4, 0.5) is 5.69 Å². The molecule has 0 spiro atoms. The van der Waals surface area contributed by atoms with E-state index >= 15 is 0 Å². The number of rotatable bonds is 13. The molecule has 4 aromatic rings. The van der Waals surface area contributed by atoms with E-state index < -0.39 is 34.4 Å². The van der Waals surface area contributed by atoms with Crippen molar-refractivity contribution in [3.63, 3.8) is 0 Å². The van der Waals surface area contributed by atoms with Gasteiger partial charge in [0.2, 0.25) is 11.8 Å². The van der Waals surface area contributed by atoms with Gasteiger partial charge in [0.15, 0.2) is 0 Å². The van der Waals surface area contributed by atoms with Crippen LogP contribution in [0.1, 0.15) is 25.0 Å². The summed E-state index contributed by atoms with van der Waals surface area (Å²) in [7, 11) is -4.30. The highest BCUT2D eigenvalue weighted by Gasteiger charge is 2.35. The lowest BCUT2D eigenvalue weighted by molar-refractivity contribution is -0.140. The third kappa shape index (κ3) is 8.96. The van der Waals surface area contributed by atoms with Crippen LogP contribution in [-0.2, 0) is 32.6 Å². The zero-order valence-corrected chi connectivity index (χ0v) is 29.0. The second-order valence-corrected chi connectivity index (χ2v) is 14.5. The first kappa shape index (κ1) is 35.6. The van der Waals surface area contributed by atoms with Crippen molar-refractivity contribution < 1.29 is 18.0 Å². The largest absolute Gasteiger partial charge is 0.354 e. The van der Waals surface area contributed by atoms with Gasteiger partial charge < -0.3 is 10.2 Å². The fourth-order valence-electron chi connectivity index (χ4n) is 4.72. The number of anilines is 1. The average molecular weight is 722 g/mol. The Morgan fingerprint density at radius 1 is 0.761 bits per heavy atom. The number of carbonyl (C=O) groups excluding carboxylic acids is 2. The van der Waals surface area contributed by atoms with Gasteiger partial charge in [0.1, 0.15) is 12.6 Å². The minimum atomic E-state index is -4.30. The molecule has 242 valence electrons. The summed E-state index contributed by atoms with van der Waals surface area (Å²) in [5.41, 5.74) is 1.33. The Labute approximate surface area is 290 Å². The van der Waals surface area contributed by atoms with Crippen LogP contribution < -0.4 is 9.62 Å². The smallest absolute Gasteiger partial charge is 0.264 e. The highest BCUT2D eigenvalue weighted by molar-refractivity contribution is 7.92. The van der Waals surface area contributed by atoms with E-state index in [1.807, 2.05) is 44.2 Å². The Kier molecular flexibility index (Phi) is 12.4. The molecule has 0 fully saturated rings. The molecular formula is C34H33Cl4N3O4S. The van der Waals surface area contributed by atoms with Crippen LogP contribution in [0, 0.1) is 5.92 Å². The molecule has 2 amide bonds. The van der Waals surface area contributed by atoms with Crippen molar-refractivity contribution in [1.29, 1.82) is 0 Å². The summed E-state index contributed by atoms with van der Waals surface area (Å²) in [4.78, 5) is 29.7. The summed E-state index contributed by atoms with van der Waals surface area (Å²) in [5, 5.41) is 3.86. The van der Waals surface area contributed by atoms with Crippen molar-refractivity contribution in [3.05, 3.63) is 128 Å². The Morgan fingerprint density at radius 3 is 1.96 bits per heavy atom. The molecule has 0 saturated heterocycles. The van der Waals surface area contributed by atoms with Gasteiger partial charge in [0, 0.05) is 35.1 Å². The van der Waals surface area contributed by atoms with Gasteiger partial charge in [-0.25, -0.2) is 8.42 Å². The molecular weight excluding hydrogens is 688 g/mol. The molecule has 1 atom stereocenters. The minimum Gasteiger partial charge on any atom is -0.354 e. The number of hydrogen-bond acceptors (Lipinski definition) is 4. The average Bonchev–Trinajstić information content (AvgIpc) is 3.03. The number of nitrogens with one attached hydrogen (secondary N) is 1. The van der Waals surface area contributed by atoms with Crippen LogP contribution in [0.2, 0.25) is 20.1 Å². The molecule has 0 bridgehead atoms. The maximum absolute atomic E-state index is 14.6. The predicted molar refractivity (Wildman–Crippen MR) is 186 cm³/mol. The fourth-order valence-corrected chi connectivity index (χ4v) is 6.96. The zero-order valence-electron chi connectivity index (χ0n) is 25.2. The summed E-state index contributed by atoms with van der Waals surface area (Å²) < 4.78 is 29.1. The van der Waals surface area contributed by atoms with E-state index in [-0.39, 0.29) is 39.5 Å². The number of nitrogens with zero attached hydrogens (tertiary/aromatic N) is 2. The first-order chi connectivity index (χ1) is 21.9. The normalized spacial score (nSPS) is 12.1. The highest BCUT2D eigenvalue weighted by Crippen LogP contribution is 2.32. The van der Waals surface area contributed by atoms with E-state index in [0.717, 1.165) is 9.87 Å². The van der Waals surface area contributed by atoms with E-state index in [9.17, 15) is 18.0 Å². The lowest BCUT2D eigenvalue weighted by Gasteiger charge is -2.34. The number of sulfonamides is 1. The molecule has 0 aliphatic heterocycles. The van der Waals surface area contributed by atoms with Gasteiger partial charge in [-0.15, -0.1) is 0 Å². The molecule has 4 aromatic carbocycles. The van der Waals surface area contributed by atoms with E-state index in [4.69, 9.17) is 46.4 Å². The summed E-state index contributed by atoms with van der Waals surface area (Å²) in [5.74, 6) is -0.923. The molecule has 0 aliphatic rings. The van der Waals surface area contributed by atoms with Crippen LogP contribution in [0.3, 0.4) is 0 Å². The SMILES string of the molecule is CC(C)CNC(=O)[C@H](Cc1ccccc1)N(Cc1c(Cl)cccc1Cl)C(=O)CN(c1ccc(Cl)c(Cl)c1)S(=O)(=O)c1ccccc1. The monoisotopic (exact) mass is 719 g/mol. The van der Waals surface area contributed by atoms with Crippen molar-refractivity contribution in [2.45, 2.75) is 37.8 Å². The van der Waals surface area contributed by atoms with E-state index in [0.29, 0.717) is 22.2 Å². The third-order valence-electron chi connectivity index (χ3n) is 7.15. The van der Waals surface area contributed by atoms with Crippen LogP contribution >= 0.6 is 46.4 Å². The Bertz CT molecular complexity index is 1750. The van der Waals surface area contributed by atoms with Crippen molar-refractivity contribution in [3.8, 4) is 0 Å². The minimum absolute atomic E-state index is 0.0370. The Morgan fingerprint density at radius 2 is 1.37 bits per heavy atom. The number of halogens is 4. The van der Waals surface area contributed by atoms with E-state index in [1.165, 1.54) is 35.2 Å². The molecule has 0 radical (unpaired) electrons. The van der Waals surface area contributed by atoms with Crippen LogP contribution in [0.25, 0.3) is 0 Å². The molecule has 0 aromatic heterocycles. The Hall–Kier alpha value is -3.27. The van der Waals surface area contributed by atoms with Gasteiger partial charge >= 0.3 is 0 Å². The second kappa shape index (κ2) is 16.0. The molecule has 12 heteroatoms. The predicted octanol–water partition coefficient (Wildman–Crippen LogP) is 7.91. The molecule has 0 aliphatic carbocycles. The summed E-state index contributed by atoms with van der Waals surface area (Å²) in [6.07, 6.45) is 0.150. The topological polar surface area (TPSA) is 86.8 Å². The van der Waals surface area contributed by atoms with Crippen LogP contribution in [0.5, 0.6) is 0 Å². The second-order valence-electron chi connectivity index (χ2n) is 11.0. The number of benzene rings is 4. The van der Waals surface area contributed by atoms with E-state index in [2.05, 4.69) is 5.32 Å². The molecule has 0 unspecified atom stereocenters. The molecule has 4 rings (SSSR count). The van der Waals surface area contributed by atoms with Crippen molar-refractivity contribution in [1.82, 2.24) is 10.2 Å². The van der Waals surface area contributed by atoms with Gasteiger partial charge in [0.25, 0.3) is 10.0 Å². The van der Waals surface area contributed by atoms with Gasteiger partial charge in [-0.2, -0.15) is 0 Å². The standard InChI is InChI=1S/C34H33Cl4N3O4S/c1-23(2)20-39-34(43)32(18-24-10-5-3-6-11-24)40(21-27-28(35)14-9-15-29(27)36)33(42)22-41(25-16-17-30(37)31(38)19-25)46(44,45)26-12-7-4-8-13-26/h3-17,19,23,32H,18,20-22H2,1-2H3,(H,39,43)/t32-/m0/s1.